The quantitative estimate of drug-likeness (QED) is 0.494. The largest absolute Gasteiger partial charge is 1.00 e. The van der Waals surface area contributed by atoms with Crippen LogP contribution in [0.1, 0.15) is 27.2 Å². The maximum Gasteiger partial charge on any atom is 1.00 e. The summed E-state index contributed by atoms with van der Waals surface area (Å²) in [6.07, 6.45) is 0.676. The van der Waals surface area contributed by atoms with E-state index in [0.29, 0.717) is 19.6 Å². The summed E-state index contributed by atoms with van der Waals surface area (Å²) in [6.45, 7) is 5.90. The molecule has 1 fully saturated rings. The molecule has 0 aromatic rings. The van der Waals surface area contributed by atoms with Gasteiger partial charge in [-0.15, -0.1) is 5.60 Å². The number of rotatable bonds is 1. The molecule has 1 saturated heterocycles. The Morgan fingerprint density at radius 1 is 1.50 bits per heavy atom. The minimum absolute atomic E-state index is 0. The molecule has 1 N–H and O–H groups in total. The van der Waals surface area contributed by atoms with Gasteiger partial charge in [0.15, 0.2) is 0 Å². The van der Waals surface area contributed by atoms with Gasteiger partial charge in [0.05, 0.1) is 12.5 Å². The summed E-state index contributed by atoms with van der Waals surface area (Å²) in [5.74, 6) is -0.975. The van der Waals surface area contributed by atoms with Crippen LogP contribution in [0, 0.1) is 5.92 Å². The molecule has 0 amide bonds. The molecule has 1 heterocycles. The first-order valence-corrected chi connectivity index (χ1v) is 4.31. The van der Waals surface area contributed by atoms with E-state index in [-0.39, 0.29) is 57.3 Å². The third kappa shape index (κ3) is 13.0. The topological polar surface area (TPSA) is 69.6 Å². The first-order valence-electron chi connectivity index (χ1n) is 4.31. The minimum atomic E-state index is -0.750. The molecule has 4 nitrogen and oxygen atoms in total. The third-order valence-corrected chi connectivity index (χ3v) is 1.28. The zero-order chi connectivity index (χ0) is 10.5. The van der Waals surface area contributed by atoms with Crippen LogP contribution in [-0.4, -0.2) is 29.9 Å². The number of hydrogen-bond donors (Lipinski definition) is 1. The normalized spacial score (nSPS) is 20.4. The zero-order valence-corrected chi connectivity index (χ0v) is 12.5. The number of aliphatic carboxylic acids is 1. The first kappa shape index (κ1) is 17.4. The van der Waals surface area contributed by atoms with E-state index in [1.807, 2.05) is 0 Å². The van der Waals surface area contributed by atoms with Crippen LogP contribution in [0.2, 0.25) is 0 Å². The van der Waals surface area contributed by atoms with E-state index >= 15 is 0 Å². The van der Waals surface area contributed by atoms with Crippen molar-refractivity contribution in [2.45, 2.75) is 32.8 Å². The standard InChI is InChI=1S/C5H8O3.C4H9O.K/c6-5(7)4-1-2-8-3-4;1-4(2,3)5;/h4H,1-3H2,(H,6,7);1-3H3;/q;-1;+1. The fraction of sp³-hybridized carbons (Fsp3) is 0.889. The first-order chi connectivity index (χ1) is 5.80. The maximum atomic E-state index is 10.1. The molecule has 1 aliphatic rings. The molecule has 14 heavy (non-hydrogen) atoms. The summed E-state index contributed by atoms with van der Waals surface area (Å²) in [4.78, 5) is 10.1. The molecule has 0 aromatic carbocycles. The van der Waals surface area contributed by atoms with Crippen molar-refractivity contribution in [1.82, 2.24) is 0 Å². The Hall–Kier alpha value is 1.03. The Labute approximate surface area is 127 Å². The Balaban J connectivity index is 0. The summed E-state index contributed by atoms with van der Waals surface area (Å²) >= 11 is 0. The molecule has 0 radical (unpaired) electrons. The summed E-state index contributed by atoms with van der Waals surface area (Å²) in [5, 5.41) is 18.4. The average Bonchev–Trinajstić information content (AvgIpc) is 2.31. The molecular weight excluding hydrogens is 211 g/mol. The van der Waals surface area contributed by atoms with Crippen LogP contribution >= 0.6 is 0 Å². The number of carboxylic acids is 1. The van der Waals surface area contributed by atoms with Gasteiger partial charge >= 0.3 is 57.4 Å². The van der Waals surface area contributed by atoms with Crippen LogP contribution in [0.5, 0.6) is 0 Å². The van der Waals surface area contributed by atoms with Gasteiger partial charge in [0, 0.05) is 6.61 Å². The number of ether oxygens (including phenoxy) is 1. The molecule has 78 valence electrons. The fourth-order valence-corrected chi connectivity index (χ4v) is 0.729. The Morgan fingerprint density at radius 3 is 2.07 bits per heavy atom. The van der Waals surface area contributed by atoms with Crippen molar-refractivity contribution in [2.24, 2.45) is 5.92 Å². The van der Waals surface area contributed by atoms with E-state index in [4.69, 9.17) is 9.84 Å². The Kier molecular flexibility index (Phi) is 10.2. The van der Waals surface area contributed by atoms with Crippen molar-refractivity contribution < 1.29 is 71.1 Å². The molecule has 0 saturated carbocycles. The molecule has 0 aliphatic carbocycles. The number of carbonyl (C=O) groups is 1. The van der Waals surface area contributed by atoms with Crippen LogP contribution < -0.4 is 56.5 Å². The predicted octanol–water partition coefficient (Wildman–Crippen LogP) is -2.74. The second kappa shape index (κ2) is 8.21. The Bertz CT molecular complexity index is 153. The smallest absolute Gasteiger partial charge is 0.850 e. The van der Waals surface area contributed by atoms with Gasteiger partial charge in [-0.2, -0.15) is 0 Å². The second-order valence-electron chi connectivity index (χ2n) is 4.01. The van der Waals surface area contributed by atoms with Crippen molar-refractivity contribution in [2.75, 3.05) is 13.2 Å². The van der Waals surface area contributed by atoms with Gasteiger partial charge in [0.1, 0.15) is 0 Å². The van der Waals surface area contributed by atoms with Gasteiger partial charge in [0.25, 0.3) is 0 Å². The van der Waals surface area contributed by atoms with E-state index < -0.39 is 11.6 Å². The predicted molar refractivity (Wildman–Crippen MR) is 46.3 cm³/mol. The average molecular weight is 228 g/mol. The second-order valence-corrected chi connectivity index (χ2v) is 4.01. The summed E-state index contributed by atoms with van der Waals surface area (Å²) in [5.41, 5.74) is -0.750. The number of carboxylic acid groups (broad SMARTS) is 1. The SMILES string of the molecule is CC(C)(C)[O-].O=C(O)C1CCOC1.[K+]. The van der Waals surface area contributed by atoms with Crippen LogP contribution in [-0.2, 0) is 9.53 Å². The maximum absolute atomic E-state index is 10.1. The van der Waals surface area contributed by atoms with E-state index in [2.05, 4.69) is 0 Å². The van der Waals surface area contributed by atoms with Crippen molar-refractivity contribution in [3.63, 3.8) is 0 Å². The Morgan fingerprint density at radius 2 is 1.93 bits per heavy atom. The van der Waals surface area contributed by atoms with Crippen molar-refractivity contribution in [3.05, 3.63) is 0 Å². The fourth-order valence-electron chi connectivity index (χ4n) is 0.729. The molecule has 1 rings (SSSR count). The van der Waals surface area contributed by atoms with Crippen LogP contribution in [0.25, 0.3) is 0 Å². The molecular formula is C9H17KO4. The van der Waals surface area contributed by atoms with E-state index in [0.717, 1.165) is 0 Å². The molecule has 0 spiro atoms. The summed E-state index contributed by atoms with van der Waals surface area (Å²) in [6, 6.07) is 0. The van der Waals surface area contributed by atoms with Gasteiger partial charge in [-0.1, -0.05) is 20.8 Å². The van der Waals surface area contributed by atoms with E-state index in [1.54, 1.807) is 20.8 Å². The molecule has 1 unspecified atom stereocenters. The van der Waals surface area contributed by atoms with Gasteiger partial charge in [0.2, 0.25) is 0 Å². The molecule has 5 heteroatoms. The molecule has 0 bridgehead atoms. The third-order valence-electron chi connectivity index (χ3n) is 1.28. The van der Waals surface area contributed by atoms with Gasteiger partial charge < -0.3 is 14.9 Å². The zero-order valence-electron chi connectivity index (χ0n) is 9.37. The summed E-state index contributed by atoms with van der Waals surface area (Å²) in [7, 11) is 0. The van der Waals surface area contributed by atoms with Crippen LogP contribution in [0.3, 0.4) is 0 Å². The van der Waals surface area contributed by atoms with Crippen LogP contribution in [0.15, 0.2) is 0 Å². The van der Waals surface area contributed by atoms with Gasteiger partial charge in [-0.05, 0) is 6.42 Å². The van der Waals surface area contributed by atoms with E-state index in [1.165, 1.54) is 0 Å². The molecule has 1 aliphatic heterocycles. The number of hydrogen-bond acceptors (Lipinski definition) is 3. The summed E-state index contributed by atoms with van der Waals surface area (Å²) < 4.78 is 4.84. The van der Waals surface area contributed by atoms with Crippen molar-refractivity contribution in [3.8, 4) is 0 Å². The molecule has 0 aromatic heterocycles. The van der Waals surface area contributed by atoms with Crippen LogP contribution in [0.4, 0.5) is 0 Å². The van der Waals surface area contributed by atoms with E-state index in [9.17, 15) is 9.90 Å². The van der Waals surface area contributed by atoms with Gasteiger partial charge in [-0.3, -0.25) is 4.79 Å². The van der Waals surface area contributed by atoms with Crippen molar-refractivity contribution in [1.29, 1.82) is 0 Å². The van der Waals surface area contributed by atoms with Gasteiger partial charge in [-0.25, -0.2) is 0 Å². The monoisotopic (exact) mass is 228 g/mol. The molecule has 1 atom stereocenters. The van der Waals surface area contributed by atoms with Crippen molar-refractivity contribution >= 4 is 5.97 Å². The minimum Gasteiger partial charge on any atom is -0.850 e.